The molecule has 0 aliphatic heterocycles. The van der Waals surface area contributed by atoms with Gasteiger partial charge in [-0.1, -0.05) is 33.1 Å². The second-order valence-corrected chi connectivity index (χ2v) is 5.03. The minimum Gasteiger partial charge on any atom is -0.353 e. The molecule has 0 unspecified atom stereocenters. The average Bonchev–Trinajstić information content (AvgIpc) is 2.36. The molecule has 0 aromatic rings. The van der Waals surface area contributed by atoms with E-state index in [0.29, 0.717) is 12.6 Å². The van der Waals surface area contributed by atoms with E-state index in [2.05, 4.69) is 19.2 Å². The molecule has 0 spiro atoms. The molecule has 3 heteroatoms. The van der Waals surface area contributed by atoms with Crippen LogP contribution in [-0.2, 0) is 4.79 Å². The molecule has 0 bridgehead atoms. The Balaban J connectivity index is 2.61. The molecule has 1 amide bonds. The van der Waals surface area contributed by atoms with Crippen LogP contribution in [0.1, 0.15) is 58.8 Å². The number of hydrogen-bond donors (Lipinski definition) is 2. The zero-order valence-electron chi connectivity index (χ0n) is 10.7. The Morgan fingerprint density at radius 3 is 2.25 bits per heavy atom. The summed E-state index contributed by atoms with van der Waals surface area (Å²) in [5.41, 5.74) is 5.57. The maximum Gasteiger partial charge on any atom is 0.227 e. The molecule has 1 fully saturated rings. The summed E-state index contributed by atoms with van der Waals surface area (Å²) in [5, 5.41) is 3.16. The zero-order chi connectivity index (χ0) is 12.0. The molecule has 0 aromatic carbocycles. The van der Waals surface area contributed by atoms with Gasteiger partial charge in [-0.15, -0.1) is 0 Å². The molecule has 0 radical (unpaired) electrons. The molecule has 1 saturated carbocycles. The fraction of sp³-hybridized carbons (Fsp3) is 0.923. The van der Waals surface area contributed by atoms with Gasteiger partial charge in [0.25, 0.3) is 0 Å². The quantitative estimate of drug-likeness (QED) is 0.755. The van der Waals surface area contributed by atoms with Crippen molar-refractivity contribution in [3.8, 4) is 0 Å². The van der Waals surface area contributed by atoms with E-state index < -0.39 is 0 Å². The first-order valence-corrected chi connectivity index (χ1v) is 6.69. The second kappa shape index (κ2) is 6.24. The Kier molecular flexibility index (Phi) is 5.26. The normalized spacial score (nSPS) is 19.8. The first-order valence-electron chi connectivity index (χ1n) is 6.69. The molecular weight excluding hydrogens is 200 g/mol. The predicted octanol–water partition coefficient (Wildman–Crippen LogP) is 2.20. The largest absolute Gasteiger partial charge is 0.353 e. The highest BCUT2D eigenvalue weighted by Crippen LogP contribution is 2.35. The Morgan fingerprint density at radius 1 is 1.25 bits per heavy atom. The number of carbonyl (C=O) groups excluding carboxylic acids is 1. The molecule has 3 N–H and O–H groups in total. The van der Waals surface area contributed by atoms with Gasteiger partial charge in [-0.05, 0) is 25.7 Å². The molecule has 1 rings (SSSR count). The van der Waals surface area contributed by atoms with Crippen molar-refractivity contribution in [3.05, 3.63) is 0 Å². The summed E-state index contributed by atoms with van der Waals surface area (Å²) in [4.78, 5) is 12.3. The van der Waals surface area contributed by atoms with Crippen LogP contribution in [0.5, 0.6) is 0 Å². The average molecular weight is 226 g/mol. The maximum absolute atomic E-state index is 12.3. The molecule has 0 atom stereocenters. The molecule has 1 aliphatic carbocycles. The van der Waals surface area contributed by atoms with Crippen LogP contribution in [0.25, 0.3) is 0 Å². The summed E-state index contributed by atoms with van der Waals surface area (Å²) in [7, 11) is 0. The van der Waals surface area contributed by atoms with Crippen LogP contribution in [0, 0.1) is 5.41 Å². The summed E-state index contributed by atoms with van der Waals surface area (Å²) in [5.74, 6) is 0.198. The van der Waals surface area contributed by atoms with Crippen LogP contribution in [0.15, 0.2) is 0 Å². The standard InChI is InChI=1S/C13H26N2O/c1-3-11(4-2)15-12(16)13(10-14)8-6-5-7-9-13/h11H,3-10,14H2,1-2H3,(H,15,16). The topological polar surface area (TPSA) is 55.1 Å². The van der Waals surface area contributed by atoms with Crippen molar-refractivity contribution in [1.29, 1.82) is 0 Å². The third-order valence-corrected chi connectivity index (χ3v) is 4.00. The van der Waals surface area contributed by atoms with Crippen molar-refractivity contribution < 1.29 is 4.79 Å². The lowest BCUT2D eigenvalue weighted by molar-refractivity contribution is -0.133. The van der Waals surface area contributed by atoms with E-state index in [1.165, 1.54) is 6.42 Å². The van der Waals surface area contributed by atoms with Crippen molar-refractivity contribution in [2.45, 2.75) is 64.8 Å². The zero-order valence-corrected chi connectivity index (χ0v) is 10.7. The van der Waals surface area contributed by atoms with Gasteiger partial charge in [-0.25, -0.2) is 0 Å². The van der Waals surface area contributed by atoms with E-state index in [1.54, 1.807) is 0 Å². The second-order valence-electron chi connectivity index (χ2n) is 5.03. The van der Waals surface area contributed by atoms with E-state index in [1.807, 2.05) is 0 Å². The molecular formula is C13H26N2O. The number of nitrogens with one attached hydrogen (secondary N) is 1. The van der Waals surface area contributed by atoms with Crippen molar-refractivity contribution in [2.75, 3.05) is 6.54 Å². The van der Waals surface area contributed by atoms with Crippen LogP contribution in [0.2, 0.25) is 0 Å². The van der Waals surface area contributed by atoms with Crippen molar-refractivity contribution >= 4 is 5.91 Å². The number of carbonyl (C=O) groups is 1. The summed E-state index contributed by atoms with van der Waals surface area (Å²) in [6, 6.07) is 0.317. The number of hydrogen-bond acceptors (Lipinski definition) is 2. The lowest BCUT2D eigenvalue weighted by Gasteiger charge is -2.35. The number of rotatable bonds is 5. The molecule has 94 valence electrons. The Hall–Kier alpha value is -0.570. The molecule has 0 aromatic heterocycles. The third kappa shape index (κ3) is 2.97. The molecule has 0 heterocycles. The number of nitrogens with two attached hydrogens (primary N) is 1. The van der Waals surface area contributed by atoms with Gasteiger partial charge >= 0.3 is 0 Å². The lowest BCUT2D eigenvalue weighted by atomic mass is 9.73. The van der Waals surface area contributed by atoms with E-state index in [9.17, 15) is 4.79 Å². The van der Waals surface area contributed by atoms with Crippen molar-refractivity contribution in [1.82, 2.24) is 5.32 Å². The Labute approximate surface area is 99.2 Å². The van der Waals surface area contributed by atoms with E-state index in [4.69, 9.17) is 5.73 Å². The van der Waals surface area contributed by atoms with Crippen LogP contribution < -0.4 is 11.1 Å². The van der Waals surface area contributed by atoms with Gasteiger partial charge < -0.3 is 11.1 Å². The van der Waals surface area contributed by atoms with Crippen LogP contribution in [-0.4, -0.2) is 18.5 Å². The highest BCUT2D eigenvalue weighted by atomic mass is 16.2. The Bertz CT molecular complexity index is 218. The van der Waals surface area contributed by atoms with Crippen LogP contribution in [0.4, 0.5) is 0 Å². The summed E-state index contributed by atoms with van der Waals surface area (Å²) in [6.45, 7) is 4.73. The monoisotopic (exact) mass is 226 g/mol. The molecule has 16 heavy (non-hydrogen) atoms. The maximum atomic E-state index is 12.3. The summed E-state index contributed by atoms with van der Waals surface area (Å²) in [6.07, 6.45) is 7.48. The van der Waals surface area contributed by atoms with E-state index in [-0.39, 0.29) is 11.3 Å². The van der Waals surface area contributed by atoms with E-state index >= 15 is 0 Å². The Morgan fingerprint density at radius 2 is 1.81 bits per heavy atom. The minimum atomic E-state index is -0.263. The molecule has 0 saturated heterocycles. The molecule has 1 aliphatic rings. The van der Waals surface area contributed by atoms with Gasteiger partial charge in [0.05, 0.1) is 5.41 Å². The fourth-order valence-electron chi connectivity index (χ4n) is 2.58. The van der Waals surface area contributed by atoms with Gasteiger partial charge in [0, 0.05) is 12.6 Å². The number of amides is 1. The SMILES string of the molecule is CCC(CC)NC(=O)C1(CN)CCCCC1. The fourth-order valence-corrected chi connectivity index (χ4v) is 2.58. The van der Waals surface area contributed by atoms with Gasteiger partial charge in [-0.2, -0.15) is 0 Å². The predicted molar refractivity (Wildman–Crippen MR) is 67.1 cm³/mol. The van der Waals surface area contributed by atoms with Crippen LogP contribution >= 0.6 is 0 Å². The van der Waals surface area contributed by atoms with Crippen molar-refractivity contribution in [3.63, 3.8) is 0 Å². The first-order chi connectivity index (χ1) is 7.68. The highest BCUT2D eigenvalue weighted by molar-refractivity contribution is 5.83. The minimum absolute atomic E-state index is 0.198. The van der Waals surface area contributed by atoms with E-state index in [0.717, 1.165) is 38.5 Å². The lowest BCUT2D eigenvalue weighted by Crippen LogP contribution is -2.50. The smallest absolute Gasteiger partial charge is 0.227 e. The van der Waals surface area contributed by atoms with Gasteiger partial charge in [0.15, 0.2) is 0 Å². The third-order valence-electron chi connectivity index (χ3n) is 4.00. The summed E-state index contributed by atoms with van der Waals surface area (Å²) >= 11 is 0. The molecule has 3 nitrogen and oxygen atoms in total. The highest BCUT2D eigenvalue weighted by Gasteiger charge is 2.38. The van der Waals surface area contributed by atoms with Gasteiger partial charge in [0.1, 0.15) is 0 Å². The van der Waals surface area contributed by atoms with Gasteiger partial charge in [-0.3, -0.25) is 4.79 Å². The van der Waals surface area contributed by atoms with Gasteiger partial charge in [0.2, 0.25) is 5.91 Å². The summed E-state index contributed by atoms with van der Waals surface area (Å²) < 4.78 is 0. The van der Waals surface area contributed by atoms with Crippen LogP contribution in [0.3, 0.4) is 0 Å². The van der Waals surface area contributed by atoms with Crippen molar-refractivity contribution in [2.24, 2.45) is 11.1 Å². The first kappa shape index (κ1) is 13.5.